The highest BCUT2D eigenvalue weighted by molar-refractivity contribution is 5.46. The number of nitrogens with two attached hydrogens (primary N) is 1. The molecule has 106 valence electrons. The van der Waals surface area contributed by atoms with Gasteiger partial charge in [-0.3, -0.25) is 4.98 Å². The van der Waals surface area contributed by atoms with E-state index in [1.165, 1.54) is 17.7 Å². The van der Waals surface area contributed by atoms with Crippen LogP contribution in [-0.2, 0) is 6.42 Å². The molecule has 3 nitrogen and oxygen atoms in total. The Balaban J connectivity index is 2.01. The molecule has 0 unspecified atom stereocenters. The molecule has 0 aliphatic carbocycles. The Morgan fingerprint density at radius 3 is 2.35 bits per heavy atom. The highest BCUT2D eigenvalue weighted by atomic mass is 19.1. The SMILES string of the molecule is NCCCN(CCc1ccncc1)c1ccc(F)cc1. The van der Waals surface area contributed by atoms with Gasteiger partial charge in [0.25, 0.3) is 0 Å². The number of benzene rings is 1. The maximum atomic E-state index is 13.0. The molecule has 0 atom stereocenters. The molecule has 0 radical (unpaired) electrons. The van der Waals surface area contributed by atoms with Crippen LogP contribution in [0.3, 0.4) is 0 Å². The van der Waals surface area contributed by atoms with Crippen molar-refractivity contribution in [3.63, 3.8) is 0 Å². The minimum Gasteiger partial charge on any atom is -0.371 e. The number of pyridine rings is 1. The van der Waals surface area contributed by atoms with E-state index in [0.717, 1.165) is 31.6 Å². The third-order valence-electron chi connectivity index (χ3n) is 3.24. The lowest BCUT2D eigenvalue weighted by molar-refractivity contribution is 0.627. The first-order valence-electron chi connectivity index (χ1n) is 6.89. The number of anilines is 1. The van der Waals surface area contributed by atoms with Crippen LogP contribution in [0.25, 0.3) is 0 Å². The number of hydrogen-bond donors (Lipinski definition) is 1. The quantitative estimate of drug-likeness (QED) is 0.843. The van der Waals surface area contributed by atoms with Crippen LogP contribution >= 0.6 is 0 Å². The molecule has 0 aliphatic rings. The van der Waals surface area contributed by atoms with E-state index in [4.69, 9.17) is 5.73 Å². The summed E-state index contributed by atoms with van der Waals surface area (Å²) in [5.41, 5.74) is 7.88. The molecule has 2 N–H and O–H groups in total. The van der Waals surface area contributed by atoms with E-state index in [1.54, 1.807) is 12.4 Å². The Morgan fingerprint density at radius 2 is 1.70 bits per heavy atom. The maximum Gasteiger partial charge on any atom is 0.123 e. The number of aromatic nitrogens is 1. The predicted octanol–water partition coefficient (Wildman–Crippen LogP) is 2.62. The van der Waals surface area contributed by atoms with Crippen molar-refractivity contribution in [2.45, 2.75) is 12.8 Å². The number of nitrogens with zero attached hydrogens (tertiary/aromatic N) is 2. The minimum atomic E-state index is -0.207. The molecular weight excluding hydrogens is 253 g/mol. The zero-order valence-corrected chi connectivity index (χ0v) is 11.5. The number of rotatable bonds is 7. The van der Waals surface area contributed by atoms with Gasteiger partial charge in [-0.25, -0.2) is 4.39 Å². The molecular formula is C16H20FN3. The van der Waals surface area contributed by atoms with E-state index in [2.05, 4.69) is 9.88 Å². The van der Waals surface area contributed by atoms with Crippen molar-refractivity contribution >= 4 is 5.69 Å². The fraction of sp³-hybridized carbons (Fsp3) is 0.312. The van der Waals surface area contributed by atoms with Gasteiger partial charge in [-0.2, -0.15) is 0 Å². The van der Waals surface area contributed by atoms with Gasteiger partial charge < -0.3 is 10.6 Å². The minimum absolute atomic E-state index is 0.207. The smallest absolute Gasteiger partial charge is 0.123 e. The standard InChI is InChI=1S/C16H20FN3/c17-15-2-4-16(5-3-15)20(12-1-9-18)13-8-14-6-10-19-11-7-14/h2-7,10-11H,1,8-9,12-13,18H2. The average Bonchev–Trinajstić information content (AvgIpc) is 2.50. The lowest BCUT2D eigenvalue weighted by Gasteiger charge is -2.24. The largest absolute Gasteiger partial charge is 0.371 e. The zero-order chi connectivity index (χ0) is 14.2. The molecule has 0 saturated carbocycles. The summed E-state index contributed by atoms with van der Waals surface area (Å²) >= 11 is 0. The van der Waals surface area contributed by atoms with Crippen LogP contribution in [0.15, 0.2) is 48.8 Å². The van der Waals surface area contributed by atoms with Gasteiger partial charge in [-0.1, -0.05) is 0 Å². The Bertz CT molecular complexity index is 499. The van der Waals surface area contributed by atoms with Crippen molar-refractivity contribution in [1.82, 2.24) is 4.98 Å². The molecule has 0 spiro atoms. The maximum absolute atomic E-state index is 13.0. The van der Waals surface area contributed by atoms with Crippen molar-refractivity contribution in [1.29, 1.82) is 0 Å². The summed E-state index contributed by atoms with van der Waals surface area (Å²) in [6.07, 6.45) is 5.47. The molecule has 1 aromatic heterocycles. The second-order valence-corrected chi connectivity index (χ2v) is 4.71. The molecule has 0 amide bonds. The first kappa shape index (κ1) is 14.5. The lowest BCUT2D eigenvalue weighted by Crippen LogP contribution is -2.28. The molecule has 1 aromatic carbocycles. The lowest BCUT2D eigenvalue weighted by atomic mass is 10.1. The Labute approximate surface area is 119 Å². The summed E-state index contributed by atoms with van der Waals surface area (Å²) in [7, 11) is 0. The van der Waals surface area contributed by atoms with Gasteiger partial charge in [-0.15, -0.1) is 0 Å². The van der Waals surface area contributed by atoms with E-state index < -0.39 is 0 Å². The third-order valence-corrected chi connectivity index (χ3v) is 3.24. The van der Waals surface area contributed by atoms with Crippen LogP contribution in [0.5, 0.6) is 0 Å². The summed E-state index contributed by atoms with van der Waals surface area (Å²) in [6.45, 7) is 2.43. The molecule has 4 heteroatoms. The molecule has 2 rings (SSSR count). The van der Waals surface area contributed by atoms with Crippen LogP contribution in [0, 0.1) is 5.82 Å². The highest BCUT2D eigenvalue weighted by Gasteiger charge is 2.06. The van der Waals surface area contributed by atoms with Crippen molar-refractivity contribution in [2.75, 3.05) is 24.5 Å². The summed E-state index contributed by atoms with van der Waals surface area (Å²) in [5.74, 6) is -0.207. The van der Waals surface area contributed by atoms with E-state index >= 15 is 0 Å². The molecule has 2 aromatic rings. The number of halogens is 1. The van der Waals surface area contributed by atoms with E-state index in [0.29, 0.717) is 6.54 Å². The predicted molar refractivity (Wildman–Crippen MR) is 80.2 cm³/mol. The van der Waals surface area contributed by atoms with Crippen LogP contribution in [0.1, 0.15) is 12.0 Å². The fourth-order valence-corrected chi connectivity index (χ4v) is 2.12. The van der Waals surface area contributed by atoms with E-state index in [1.807, 2.05) is 24.3 Å². The normalized spacial score (nSPS) is 10.5. The van der Waals surface area contributed by atoms with Gasteiger partial charge in [0.2, 0.25) is 0 Å². The van der Waals surface area contributed by atoms with Gasteiger partial charge in [0, 0.05) is 31.2 Å². The first-order valence-corrected chi connectivity index (χ1v) is 6.89. The van der Waals surface area contributed by atoms with Gasteiger partial charge in [0.1, 0.15) is 5.82 Å². The summed E-state index contributed by atoms with van der Waals surface area (Å²) in [6, 6.07) is 10.7. The zero-order valence-electron chi connectivity index (χ0n) is 11.5. The topological polar surface area (TPSA) is 42.1 Å². The van der Waals surface area contributed by atoms with Crippen molar-refractivity contribution in [3.05, 3.63) is 60.2 Å². The Morgan fingerprint density at radius 1 is 1.00 bits per heavy atom. The Kier molecular flexibility index (Phi) is 5.50. The van der Waals surface area contributed by atoms with Crippen molar-refractivity contribution in [2.24, 2.45) is 5.73 Å². The molecule has 1 heterocycles. The van der Waals surface area contributed by atoms with Crippen LogP contribution in [-0.4, -0.2) is 24.6 Å². The third kappa shape index (κ3) is 4.31. The summed E-state index contributed by atoms with van der Waals surface area (Å²) in [5, 5.41) is 0. The van der Waals surface area contributed by atoms with Crippen LogP contribution in [0.4, 0.5) is 10.1 Å². The second kappa shape index (κ2) is 7.60. The second-order valence-electron chi connectivity index (χ2n) is 4.71. The highest BCUT2D eigenvalue weighted by Crippen LogP contribution is 2.16. The average molecular weight is 273 g/mol. The Hall–Kier alpha value is -1.94. The van der Waals surface area contributed by atoms with Crippen molar-refractivity contribution in [3.8, 4) is 0 Å². The summed E-state index contributed by atoms with van der Waals surface area (Å²) in [4.78, 5) is 6.26. The first-order chi connectivity index (χ1) is 9.79. The van der Waals surface area contributed by atoms with Gasteiger partial charge in [-0.05, 0) is 61.3 Å². The van der Waals surface area contributed by atoms with E-state index in [9.17, 15) is 4.39 Å². The van der Waals surface area contributed by atoms with Gasteiger partial charge in [0.15, 0.2) is 0 Å². The molecule has 0 bridgehead atoms. The molecule has 0 saturated heterocycles. The fourth-order valence-electron chi connectivity index (χ4n) is 2.12. The molecule has 20 heavy (non-hydrogen) atoms. The number of hydrogen-bond acceptors (Lipinski definition) is 3. The summed E-state index contributed by atoms with van der Waals surface area (Å²) < 4.78 is 13.0. The van der Waals surface area contributed by atoms with Gasteiger partial charge >= 0.3 is 0 Å². The monoisotopic (exact) mass is 273 g/mol. The van der Waals surface area contributed by atoms with Crippen LogP contribution in [0.2, 0.25) is 0 Å². The van der Waals surface area contributed by atoms with Crippen LogP contribution < -0.4 is 10.6 Å². The molecule has 0 aliphatic heterocycles. The van der Waals surface area contributed by atoms with Crippen molar-refractivity contribution < 1.29 is 4.39 Å². The molecule has 0 fully saturated rings. The van der Waals surface area contributed by atoms with Gasteiger partial charge in [0.05, 0.1) is 0 Å². The van der Waals surface area contributed by atoms with E-state index in [-0.39, 0.29) is 5.82 Å².